The van der Waals surface area contributed by atoms with Crippen molar-refractivity contribution in [3.8, 4) is 0 Å². The lowest BCUT2D eigenvalue weighted by Gasteiger charge is -2.34. The number of likely N-dealkylation sites (tertiary alicyclic amines) is 1. The summed E-state index contributed by atoms with van der Waals surface area (Å²) in [6, 6.07) is 5.16. The van der Waals surface area contributed by atoms with E-state index in [1.54, 1.807) is 11.8 Å². The molecule has 1 unspecified atom stereocenters. The van der Waals surface area contributed by atoms with E-state index in [-0.39, 0.29) is 48.3 Å². The summed E-state index contributed by atoms with van der Waals surface area (Å²) in [4.78, 5) is 83.1. The molecule has 1 aliphatic carbocycles. The van der Waals surface area contributed by atoms with Gasteiger partial charge in [0.1, 0.15) is 18.1 Å². The Bertz CT molecular complexity index is 1550. The number of H-pyrrole nitrogens is 1. The van der Waals surface area contributed by atoms with Crippen LogP contribution in [-0.2, 0) is 35.2 Å². The van der Waals surface area contributed by atoms with Gasteiger partial charge in [-0.2, -0.15) is 5.21 Å². The SMILES string of the molecule is CCCC(NC(=O)[C@@H]1[C@H]2CCC[C@H]2CN1C(=O)[C@@H](NC(=O)[C@@H](NC(=O)CCCCc1nn[nH]n1)C(C)C)C(C)C)C(=O)C(=O)N[C@@H](C)c1ccccc1. The molecule has 1 aromatic heterocycles. The van der Waals surface area contributed by atoms with E-state index >= 15 is 0 Å². The van der Waals surface area contributed by atoms with E-state index in [0.29, 0.717) is 38.1 Å². The number of tetrazole rings is 1. The number of hydrogen-bond acceptors (Lipinski definition) is 9. The van der Waals surface area contributed by atoms with Crippen LogP contribution >= 0.6 is 0 Å². The third kappa shape index (κ3) is 10.9. The summed E-state index contributed by atoms with van der Waals surface area (Å²) >= 11 is 0. The Labute approximate surface area is 311 Å². The van der Waals surface area contributed by atoms with Crippen LogP contribution in [0, 0.1) is 23.7 Å². The molecule has 1 aliphatic heterocycles. The number of nitrogens with zero attached hydrogens (tertiary/aromatic N) is 4. The van der Waals surface area contributed by atoms with Crippen LogP contribution in [0.2, 0.25) is 0 Å². The van der Waals surface area contributed by atoms with Gasteiger partial charge >= 0.3 is 0 Å². The van der Waals surface area contributed by atoms with Crippen molar-refractivity contribution in [3.63, 3.8) is 0 Å². The van der Waals surface area contributed by atoms with Gasteiger partial charge in [0.25, 0.3) is 5.91 Å². The van der Waals surface area contributed by atoms with Crippen molar-refractivity contribution in [2.24, 2.45) is 23.7 Å². The van der Waals surface area contributed by atoms with Gasteiger partial charge < -0.3 is 26.2 Å². The van der Waals surface area contributed by atoms with Crippen molar-refractivity contribution in [1.29, 1.82) is 0 Å². The van der Waals surface area contributed by atoms with Gasteiger partial charge in [-0.1, -0.05) is 83.0 Å². The summed E-state index contributed by atoms with van der Waals surface area (Å²) in [7, 11) is 0. The minimum atomic E-state index is -1.05. The second kappa shape index (κ2) is 19.4. The Morgan fingerprint density at radius 3 is 2.25 bits per heavy atom. The van der Waals surface area contributed by atoms with Crippen molar-refractivity contribution < 1.29 is 28.8 Å². The van der Waals surface area contributed by atoms with Crippen LogP contribution < -0.4 is 21.3 Å². The van der Waals surface area contributed by atoms with E-state index in [2.05, 4.69) is 41.9 Å². The van der Waals surface area contributed by atoms with Gasteiger partial charge in [0.2, 0.25) is 29.4 Å². The normalized spacial score (nSPS) is 20.3. The van der Waals surface area contributed by atoms with Crippen LogP contribution in [0.1, 0.15) is 110 Å². The minimum absolute atomic E-state index is 0.102. The van der Waals surface area contributed by atoms with Crippen LogP contribution in [0.15, 0.2) is 30.3 Å². The molecule has 0 radical (unpaired) electrons. The number of unbranched alkanes of at least 4 members (excludes halogenated alkanes) is 1. The fraction of sp³-hybridized carbons (Fsp3) is 0.658. The average molecular weight is 736 g/mol. The second-order valence-corrected chi connectivity index (χ2v) is 15.2. The highest BCUT2D eigenvalue weighted by atomic mass is 16.2. The van der Waals surface area contributed by atoms with Gasteiger partial charge in [0.15, 0.2) is 5.82 Å². The van der Waals surface area contributed by atoms with Gasteiger partial charge in [-0.25, -0.2) is 0 Å². The lowest BCUT2D eigenvalue weighted by molar-refractivity contribution is -0.145. The number of hydrogen-bond donors (Lipinski definition) is 5. The Morgan fingerprint density at radius 1 is 0.887 bits per heavy atom. The van der Waals surface area contributed by atoms with E-state index < -0.39 is 53.7 Å². The molecule has 290 valence electrons. The van der Waals surface area contributed by atoms with Crippen molar-refractivity contribution in [1.82, 2.24) is 46.8 Å². The van der Waals surface area contributed by atoms with E-state index in [9.17, 15) is 28.8 Å². The highest BCUT2D eigenvalue weighted by molar-refractivity contribution is 6.38. The highest BCUT2D eigenvalue weighted by Gasteiger charge is 2.51. The minimum Gasteiger partial charge on any atom is -0.344 e. The van der Waals surface area contributed by atoms with Crippen LogP contribution in [0.3, 0.4) is 0 Å². The predicted octanol–water partition coefficient (Wildman–Crippen LogP) is 2.55. The standard InChI is InChI=1S/C38H57N9O6/c1-7-14-28(34(49)37(52)39-24(6)25-15-9-8-10-16-25)40-36(51)33-27-18-13-17-26(27)21-47(33)38(53)32(23(4)5)42-35(50)31(22(2)3)41-30(48)20-12-11-19-29-43-45-46-44-29/h8-10,15-16,22-24,26-28,31-33H,7,11-14,17-21H2,1-6H3,(H,39,52)(H,40,51)(H,41,48)(H,42,50)(H,43,44,45,46)/t24-,26-,27-,28?,31-,32-,33-/m0/s1. The Hall–Kier alpha value is -4.69. The third-order valence-corrected chi connectivity index (χ3v) is 10.5. The van der Waals surface area contributed by atoms with Gasteiger partial charge in [-0.05, 0) is 68.3 Å². The zero-order valence-electron chi connectivity index (χ0n) is 31.9. The summed E-state index contributed by atoms with van der Waals surface area (Å²) in [5.74, 6) is -3.12. The molecule has 2 aliphatic rings. The first-order valence-electron chi connectivity index (χ1n) is 19.1. The smallest absolute Gasteiger partial charge is 0.290 e. The largest absolute Gasteiger partial charge is 0.344 e. The molecule has 15 nitrogen and oxygen atoms in total. The summed E-state index contributed by atoms with van der Waals surface area (Å²) in [6.07, 6.45) is 5.39. The molecule has 2 heterocycles. The monoisotopic (exact) mass is 735 g/mol. The van der Waals surface area contributed by atoms with Crippen molar-refractivity contribution >= 4 is 35.3 Å². The number of carbonyl (C=O) groups is 6. The first-order valence-corrected chi connectivity index (χ1v) is 19.1. The topological polar surface area (TPSA) is 208 Å². The number of ketones is 1. The number of aromatic nitrogens is 4. The molecule has 2 aromatic rings. The highest BCUT2D eigenvalue weighted by Crippen LogP contribution is 2.42. The summed E-state index contributed by atoms with van der Waals surface area (Å²) in [6.45, 7) is 11.3. The lowest BCUT2D eigenvalue weighted by Crippen LogP contribution is -2.60. The van der Waals surface area contributed by atoms with E-state index in [1.807, 2.05) is 65.0 Å². The number of Topliss-reactive ketones (excluding diaryl/α,β-unsaturated/α-hetero) is 1. The number of benzene rings is 1. The lowest BCUT2D eigenvalue weighted by atomic mass is 9.92. The zero-order chi connectivity index (χ0) is 38.7. The quantitative estimate of drug-likeness (QED) is 0.106. The molecule has 5 N–H and O–H groups in total. The Kier molecular flexibility index (Phi) is 15.0. The number of aromatic amines is 1. The van der Waals surface area contributed by atoms with Gasteiger partial charge in [0, 0.05) is 19.4 Å². The van der Waals surface area contributed by atoms with Crippen molar-refractivity contribution in [2.45, 2.75) is 130 Å². The van der Waals surface area contributed by atoms with Crippen molar-refractivity contribution in [3.05, 3.63) is 41.7 Å². The number of fused-ring (bicyclic) bond motifs is 1. The fourth-order valence-electron chi connectivity index (χ4n) is 7.51. The summed E-state index contributed by atoms with van der Waals surface area (Å²) in [5.41, 5.74) is 0.846. The number of nitrogens with one attached hydrogen (secondary N) is 5. The molecule has 5 amide bonds. The maximum Gasteiger partial charge on any atom is 0.290 e. The molecule has 15 heteroatoms. The molecule has 1 aromatic carbocycles. The second-order valence-electron chi connectivity index (χ2n) is 15.2. The summed E-state index contributed by atoms with van der Waals surface area (Å²) < 4.78 is 0. The van der Waals surface area contributed by atoms with Gasteiger partial charge in [-0.3, -0.25) is 28.8 Å². The number of aryl methyl sites for hydroxylation is 1. The first kappa shape index (κ1) is 41.1. The van der Waals surface area contributed by atoms with E-state index in [1.165, 1.54) is 0 Å². The van der Waals surface area contributed by atoms with Crippen LogP contribution in [0.25, 0.3) is 0 Å². The molecule has 1 saturated heterocycles. The van der Waals surface area contributed by atoms with Crippen LogP contribution in [-0.4, -0.2) is 91.6 Å². The molecule has 0 bridgehead atoms. The first-order chi connectivity index (χ1) is 25.3. The molecular formula is C38H57N9O6. The van der Waals surface area contributed by atoms with Crippen LogP contribution in [0.4, 0.5) is 0 Å². The van der Waals surface area contributed by atoms with Gasteiger partial charge in [-0.15, -0.1) is 10.2 Å². The van der Waals surface area contributed by atoms with E-state index in [0.717, 1.165) is 24.8 Å². The maximum absolute atomic E-state index is 14.4. The van der Waals surface area contributed by atoms with Gasteiger partial charge in [0.05, 0.1) is 12.1 Å². The molecule has 0 spiro atoms. The van der Waals surface area contributed by atoms with Crippen molar-refractivity contribution in [2.75, 3.05) is 6.54 Å². The number of carbonyl (C=O) groups excluding carboxylic acids is 6. The molecule has 7 atom stereocenters. The molecule has 1 saturated carbocycles. The molecule has 53 heavy (non-hydrogen) atoms. The molecule has 4 rings (SSSR count). The maximum atomic E-state index is 14.4. The number of amides is 5. The fourth-order valence-corrected chi connectivity index (χ4v) is 7.51. The summed E-state index contributed by atoms with van der Waals surface area (Å²) in [5, 5.41) is 25.1. The molecule has 2 fully saturated rings. The van der Waals surface area contributed by atoms with E-state index in [4.69, 9.17) is 0 Å². The Morgan fingerprint density at radius 2 is 1.60 bits per heavy atom. The zero-order valence-corrected chi connectivity index (χ0v) is 31.9. The Balaban J connectivity index is 1.42. The number of rotatable bonds is 19. The predicted molar refractivity (Wildman–Crippen MR) is 196 cm³/mol. The molecular weight excluding hydrogens is 678 g/mol. The van der Waals surface area contributed by atoms with Crippen LogP contribution in [0.5, 0.6) is 0 Å². The average Bonchev–Trinajstić information content (AvgIpc) is 3.89. The third-order valence-electron chi connectivity index (χ3n) is 10.5.